The van der Waals surface area contributed by atoms with Gasteiger partial charge < -0.3 is 9.13 Å². The lowest BCUT2D eigenvalue weighted by molar-refractivity contribution is 0.704. The SMILES string of the molecule is c1ccc(C2(c3ccccn3)c3ccc(-n4c5ccccc5c5cc(-c6ccc7c(c6)c6ccccc6n7-c6ccc7c(c6)-c6ncccc6C7(c6ccccn6)c6ccccn6)ccc54)cc3-c3ncccc32)nc1. The van der Waals surface area contributed by atoms with Crippen LogP contribution in [0.4, 0.5) is 0 Å². The Balaban J connectivity index is 0.834. The Labute approximate surface area is 437 Å². The van der Waals surface area contributed by atoms with Crippen molar-refractivity contribution < 1.29 is 0 Å². The number of para-hydroxylation sites is 2. The predicted molar refractivity (Wildman–Crippen MR) is 302 cm³/mol. The summed E-state index contributed by atoms with van der Waals surface area (Å²) in [4.78, 5) is 30.2. The molecule has 14 aromatic rings. The molecule has 0 unspecified atom stereocenters. The van der Waals surface area contributed by atoms with E-state index in [0.29, 0.717) is 0 Å². The molecule has 0 aliphatic heterocycles. The molecule has 0 saturated heterocycles. The number of fused-ring (bicyclic) bond motifs is 12. The molecule has 0 atom stereocenters. The van der Waals surface area contributed by atoms with Crippen molar-refractivity contribution in [3.05, 3.63) is 301 Å². The fourth-order valence-corrected chi connectivity index (χ4v) is 13.1. The minimum atomic E-state index is -0.734. The molecule has 2 aliphatic rings. The molecule has 0 bridgehead atoms. The number of nitrogens with zero attached hydrogens (tertiary/aromatic N) is 8. The summed E-state index contributed by atoms with van der Waals surface area (Å²) in [7, 11) is 0. The van der Waals surface area contributed by atoms with Crippen LogP contribution in [0.2, 0.25) is 0 Å². The molecule has 8 aromatic heterocycles. The van der Waals surface area contributed by atoms with E-state index >= 15 is 0 Å². The quantitative estimate of drug-likeness (QED) is 0.158. The van der Waals surface area contributed by atoms with Crippen molar-refractivity contribution >= 4 is 43.6 Å². The van der Waals surface area contributed by atoms with Gasteiger partial charge >= 0.3 is 0 Å². The van der Waals surface area contributed by atoms with E-state index in [2.05, 4.69) is 191 Å². The van der Waals surface area contributed by atoms with Gasteiger partial charge in [0.25, 0.3) is 0 Å². The van der Waals surface area contributed by atoms with Crippen LogP contribution in [0.15, 0.2) is 256 Å². The second-order valence-corrected chi connectivity index (χ2v) is 19.8. The molecule has 76 heavy (non-hydrogen) atoms. The zero-order chi connectivity index (χ0) is 50.0. The number of hydrogen-bond donors (Lipinski definition) is 0. The van der Waals surface area contributed by atoms with E-state index in [4.69, 9.17) is 29.9 Å². The zero-order valence-electron chi connectivity index (χ0n) is 40.8. The first kappa shape index (κ1) is 42.3. The molecule has 0 spiro atoms. The topological polar surface area (TPSA) is 87.2 Å². The lowest BCUT2D eigenvalue weighted by atomic mass is 9.72. The third kappa shape index (κ3) is 5.72. The highest BCUT2D eigenvalue weighted by Crippen LogP contribution is 2.57. The van der Waals surface area contributed by atoms with E-state index in [9.17, 15) is 0 Å². The maximum atomic E-state index is 5.07. The molecule has 2 aliphatic carbocycles. The Morgan fingerprint density at radius 2 is 0.632 bits per heavy atom. The molecular weight excluding hydrogens is 929 g/mol. The van der Waals surface area contributed by atoms with Crippen LogP contribution in [0.5, 0.6) is 0 Å². The lowest BCUT2D eigenvalue weighted by Crippen LogP contribution is -2.30. The molecule has 8 heterocycles. The van der Waals surface area contributed by atoms with Crippen LogP contribution in [0, 0.1) is 0 Å². The summed E-state index contributed by atoms with van der Waals surface area (Å²) in [6, 6.07) is 78.0. The van der Waals surface area contributed by atoms with Gasteiger partial charge in [-0.3, -0.25) is 29.9 Å². The van der Waals surface area contributed by atoms with Gasteiger partial charge in [-0.1, -0.05) is 97.1 Å². The van der Waals surface area contributed by atoms with Gasteiger partial charge in [0.05, 0.1) is 56.2 Å². The molecule has 8 nitrogen and oxygen atoms in total. The molecule has 0 N–H and O–H groups in total. The van der Waals surface area contributed by atoms with E-state index in [1.165, 1.54) is 21.5 Å². The maximum absolute atomic E-state index is 5.07. The first-order valence-corrected chi connectivity index (χ1v) is 25.7. The fraction of sp³-hybridized carbons (Fsp3) is 0.0294. The molecule has 354 valence electrons. The standard InChI is InChI=1S/C68H42N8/c1-3-19-57-47(15-1)49-39-43(25-31-59(49)75(57)45-27-29-53-51(41-45)65-55(17-13-37-73-65)67(53,61-21-5-9-33-69-61)62-22-6-10-34-70-62)44-26-32-60-50(40-44)48-16-2-4-20-58(48)76(60)46-28-30-54-52(42-46)66-56(18-14-38-74-66)68(54,63-23-7-11-35-71-63)64-24-8-12-36-72-64/h1-42H. The molecule has 0 fully saturated rings. The fourth-order valence-electron chi connectivity index (χ4n) is 13.1. The van der Waals surface area contributed by atoms with Crippen LogP contribution in [-0.2, 0) is 10.8 Å². The summed E-state index contributed by atoms with van der Waals surface area (Å²) in [5.41, 5.74) is 19.6. The van der Waals surface area contributed by atoms with E-state index in [1.807, 2.05) is 73.6 Å². The van der Waals surface area contributed by atoms with Crippen molar-refractivity contribution in [1.82, 2.24) is 39.0 Å². The highest BCUT2D eigenvalue weighted by atomic mass is 15.0. The molecule has 0 saturated carbocycles. The second kappa shape index (κ2) is 16.2. The third-order valence-electron chi connectivity index (χ3n) is 16.1. The Hall–Kier alpha value is -10.2. The van der Waals surface area contributed by atoms with Crippen LogP contribution >= 0.6 is 0 Å². The van der Waals surface area contributed by atoms with Gasteiger partial charge in [0, 0.05) is 92.4 Å². The van der Waals surface area contributed by atoms with Gasteiger partial charge in [0.1, 0.15) is 10.8 Å². The normalized spacial score (nSPS) is 13.7. The van der Waals surface area contributed by atoms with Gasteiger partial charge in [-0.2, -0.15) is 0 Å². The number of hydrogen-bond acceptors (Lipinski definition) is 6. The summed E-state index contributed by atoms with van der Waals surface area (Å²) in [6.45, 7) is 0. The predicted octanol–water partition coefficient (Wildman–Crippen LogP) is 14.6. The van der Waals surface area contributed by atoms with Crippen LogP contribution in [0.1, 0.15) is 45.0 Å². The Bertz CT molecular complexity index is 4270. The smallest absolute Gasteiger partial charge is 0.107 e. The highest BCUT2D eigenvalue weighted by molar-refractivity contribution is 6.13. The summed E-state index contributed by atoms with van der Waals surface area (Å²) in [6.07, 6.45) is 11.3. The molecule has 0 amide bonds. The van der Waals surface area contributed by atoms with Gasteiger partial charge in [0.2, 0.25) is 0 Å². The van der Waals surface area contributed by atoms with Gasteiger partial charge in [-0.15, -0.1) is 0 Å². The molecule has 0 radical (unpaired) electrons. The van der Waals surface area contributed by atoms with E-state index < -0.39 is 10.8 Å². The molecule has 16 rings (SSSR count). The van der Waals surface area contributed by atoms with Crippen molar-refractivity contribution in [2.75, 3.05) is 0 Å². The Morgan fingerprint density at radius 1 is 0.263 bits per heavy atom. The summed E-state index contributed by atoms with van der Waals surface area (Å²) in [5, 5.41) is 4.75. The summed E-state index contributed by atoms with van der Waals surface area (Å²) < 4.78 is 4.80. The first-order chi connectivity index (χ1) is 37.7. The van der Waals surface area contributed by atoms with Crippen LogP contribution < -0.4 is 0 Å². The number of aromatic nitrogens is 8. The van der Waals surface area contributed by atoms with Crippen LogP contribution in [-0.4, -0.2) is 39.0 Å². The lowest BCUT2D eigenvalue weighted by Gasteiger charge is -2.31. The zero-order valence-corrected chi connectivity index (χ0v) is 40.8. The summed E-state index contributed by atoms with van der Waals surface area (Å²) in [5.74, 6) is 0. The second-order valence-electron chi connectivity index (χ2n) is 19.8. The summed E-state index contributed by atoms with van der Waals surface area (Å²) >= 11 is 0. The number of pyridine rings is 6. The maximum Gasteiger partial charge on any atom is 0.107 e. The van der Waals surface area contributed by atoms with E-state index in [1.54, 1.807) is 0 Å². The molecule has 8 heteroatoms. The number of rotatable bonds is 7. The van der Waals surface area contributed by atoms with Crippen molar-refractivity contribution in [2.24, 2.45) is 0 Å². The van der Waals surface area contributed by atoms with E-state index in [0.717, 1.165) is 112 Å². The number of benzene rings is 6. The van der Waals surface area contributed by atoms with Gasteiger partial charge in [0.15, 0.2) is 0 Å². The van der Waals surface area contributed by atoms with Gasteiger partial charge in [-0.05, 0) is 144 Å². The van der Waals surface area contributed by atoms with Crippen LogP contribution in [0.3, 0.4) is 0 Å². The van der Waals surface area contributed by atoms with Crippen molar-refractivity contribution in [3.63, 3.8) is 0 Å². The molecule has 6 aromatic carbocycles. The minimum Gasteiger partial charge on any atom is -0.309 e. The van der Waals surface area contributed by atoms with Crippen molar-refractivity contribution in [3.8, 4) is 45.0 Å². The van der Waals surface area contributed by atoms with Gasteiger partial charge in [-0.25, -0.2) is 0 Å². The monoisotopic (exact) mass is 970 g/mol. The van der Waals surface area contributed by atoms with Crippen LogP contribution in [0.25, 0.3) is 88.6 Å². The highest BCUT2D eigenvalue weighted by Gasteiger charge is 2.50. The third-order valence-corrected chi connectivity index (χ3v) is 16.1. The Morgan fingerprint density at radius 3 is 1.03 bits per heavy atom. The average Bonchev–Trinajstić information content (AvgIpc) is 4.36. The van der Waals surface area contributed by atoms with Crippen molar-refractivity contribution in [1.29, 1.82) is 0 Å². The largest absolute Gasteiger partial charge is 0.309 e. The Kier molecular flexibility index (Phi) is 9.00. The average molecular weight is 971 g/mol. The van der Waals surface area contributed by atoms with E-state index in [-0.39, 0.29) is 0 Å². The molecular formula is C68H42N8. The minimum absolute atomic E-state index is 0.734. The van der Waals surface area contributed by atoms with Crippen molar-refractivity contribution in [2.45, 2.75) is 10.8 Å². The first-order valence-electron chi connectivity index (χ1n) is 25.7.